The number of fused-ring (bicyclic) bond motifs is 1. The Kier molecular flexibility index (Phi) is 3.47. The lowest BCUT2D eigenvalue weighted by Gasteiger charge is -2.13. The molecule has 4 heterocycles. The van der Waals surface area contributed by atoms with Gasteiger partial charge in [-0.15, -0.1) is 11.3 Å². The van der Waals surface area contributed by atoms with Crippen LogP contribution in [0.4, 0.5) is 5.82 Å². The zero-order chi connectivity index (χ0) is 15.6. The lowest BCUT2D eigenvalue weighted by atomic mass is 10.1. The van der Waals surface area contributed by atoms with Crippen molar-refractivity contribution in [2.75, 3.05) is 7.05 Å². The molecular formula is C16H14N6S. The lowest BCUT2D eigenvalue weighted by molar-refractivity contribution is 0.927. The summed E-state index contributed by atoms with van der Waals surface area (Å²) in [6.45, 7) is 0. The molecule has 0 amide bonds. The van der Waals surface area contributed by atoms with Crippen LogP contribution in [-0.4, -0.2) is 33.5 Å². The van der Waals surface area contributed by atoms with E-state index in [-0.39, 0.29) is 6.04 Å². The van der Waals surface area contributed by atoms with Crippen LogP contribution in [0.5, 0.6) is 0 Å². The van der Waals surface area contributed by atoms with Crippen molar-refractivity contribution in [3.8, 4) is 0 Å². The summed E-state index contributed by atoms with van der Waals surface area (Å²) in [6.07, 6.45) is 5.16. The van der Waals surface area contributed by atoms with Gasteiger partial charge in [0, 0.05) is 23.7 Å². The molecule has 0 aromatic carbocycles. The number of rotatable bonds is 2. The van der Waals surface area contributed by atoms with Gasteiger partial charge in [-0.2, -0.15) is 0 Å². The highest BCUT2D eigenvalue weighted by Crippen LogP contribution is 2.31. The summed E-state index contributed by atoms with van der Waals surface area (Å²) in [7, 11) is 1.86. The molecule has 0 saturated carbocycles. The Bertz CT molecular complexity index is 864. The van der Waals surface area contributed by atoms with Gasteiger partial charge >= 0.3 is 0 Å². The minimum Gasteiger partial charge on any atom is -0.374 e. The van der Waals surface area contributed by atoms with Gasteiger partial charge in [-0.1, -0.05) is 6.07 Å². The molecule has 23 heavy (non-hydrogen) atoms. The van der Waals surface area contributed by atoms with Gasteiger partial charge < -0.3 is 10.3 Å². The third-order valence-corrected chi connectivity index (χ3v) is 4.53. The van der Waals surface area contributed by atoms with Crippen molar-refractivity contribution >= 4 is 28.7 Å². The highest BCUT2D eigenvalue weighted by molar-refractivity contribution is 7.10. The van der Waals surface area contributed by atoms with E-state index in [2.05, 4.69) is 26.3 Å². The molecule has 3 aromatic rings. The van der Waals surface area contributed by atoms with Crippen molar-refractivity contribution in [1.82, 2.24) is 20.3 Å². The van der Waals surface area contributed by atoms with E-state index in [4.69, 9.17) is 9.98 Å². The number of hydrogen-bond donors (Lipinski definition) is 2. The van der Waals surface area contributed by atoms with Crippen LogP contribution in [0.2, 0.25) is 0 Å². The number of thiophene rings is 1. The van der Waals surface area contributed by atoms with Gasteiger partial charge in [0.25, 0.3) is 0 Å². The van der Waals surface area contributed by atoms with E-state index in [0.717, 1.165) is 27.7 Å². The van der Waals surface area contributed by atoms with Crippen molar-refractivity contribution in [1.29, 1.82) is 0 Å². The van der Waals surface area contributed by atoms with E-state index >= 15 is 0 Å². The van der Waals surface area contributed by atoms with Gasteiger partial charge in [0.05, 0.1) is 23.9 Å². The zero-order valence-electron chi connectivity index (χ0n) is 12.4. The predicted octanol–water partition coefficient (Wildman–Crippen LogP) is 2.71. The van der Waals surface area contributed by atoms with Gasteiger partial charge in [-0.25, -0.2) is 15.0 Å². The molecule has 4 rings (SSSR count). The Morgan fingerprint density at radius 3 is 2.96 bits per heavy atom. The maximum absolute atomic E-state index is 4.98. The van der Waals surface area contributed by atoms with Crippen LogP contribution in [0.1, 0.15) is 22.2 Å². The van der Waals surface area contributed by atoms with Gasteiger partial charge in [-0.05, 0) is 23.6 Å². The third kappa shape index (κ3) is 2.44. The van der Waals surface area contributed by atoms with E-state index < -0.39 is 0 Å². The highest BCUT2D eigenvalue weighted by atomic mass is 32.1. The summed E-state index contributed by atoms with van der Waals surface area (Å²) in [6, 6.07) is 7.78. The Labute approximate surface area is 137 Å². The molecule has 0 radical (unpaired) electrons. The summed E-state index contributed by atoms with van der Waals surface area (Å²) >= 11 is 1.66. The first-order chi connectivity index (χ1) is 11.4. The molecule has 7 heteroatoms. The highest BCUT2D eigenvalue weighted by Gasteiger charge is 2.25. The second kappa shape index (κ2) is 5.77. The molecule has 3 aromatic heterocycles. The molecule has 0 bridgehead atoms. The molecule has 2 N–H and O–H groups in total. The molecule has 0 saturated heterocycles. The number of aliphatic imine (C=N–C) groups is 2. The molecular weight excluding hydrogens is 308 g/mol. The van der Waals surface area contributed by atoms with E-state index in [1.807, 2.05) is 30.6 Å². The van der Waals surface area contributed by atoms with E-state index in [1.54, 1.807) is 30.1 Å². The topological polar surface area (TPSA) is 78.3 Å². The number of H-pyrrole nitrogens is 1. The molecule has 1 aliphatic heterocycles. The summed E-state index contributed by atoms with van der Waals surface area (Å²) in [5.41, 5.74) is 2.56. The fourth-order valence-corrected chi connectivity index (χ4v) is 3.31. The summed E-state index contributed by atoms with van der Waals surface area (Å²) in [4.78, 5) is 22.5. The van der Waals surface area contributed by atoms with Gasteiger partial charge in [0.1, 0.15) is 11.9 Å². The monoisotopic (exact) mass is 322 g/mol. The predicted molar refractivity (Wildman–Crippen MR) is 91.7 cm³/mol. The van der Waals surface area contributed by atoms with Crippen LogP contribution in [0, 0.1) is 0 Å². The second-order valence-electron chi connectivity index (χ2n) is 4.98. The normalized spacial score (nSPS) is 17.0. The molecule has 6 nitrogen and oxygen atoms in total. The van der Waals surface area contributed by atoms with Gasteiger partial charge in [-0.3, -0.25) is 4.99 Å². The fraction of sp³-hybridized carbons (Fsp3) is 0.125. The van der Waals surface area contributed by atoms with Crippen LogP contribution in [0.3, 0.4) is 0 Å². The number of imidazole rings is 1. The first-order valence-corrected chi connectivity index (χ1v) is 8.06. The largest absolute Gasteiger partial charge is 0.374 e. The van der Waals surface area contributed by atoms with Crippen molar-refractivity contribution in [2.45, 2.75) is 6.04 Å². The molecule has 1 atom stereocenters. The van der Waals surface area contributed by atoms with Crippen LogP contribution >= 0.6 is 11.3 Å². The molecule has 0 aliphatic carbocycles. The summed E-state index contributed by atoms with van der Waals surface area (Å²) in [5.74, 6) is 1.44. The summed E-state index contributed by atoms with van der Waals surface area (Å²) in [5, 5.41) is 5.22. The number of aromatic nitrogens is 3. The maximum Gasteiger partial charge on any atom is 0.163 e. The molecule has 1 aliphatic rings. The molecule has 1 unspecified atom stereocenters. The van der Waals surface area contributed by atoms with Crippen molar-refractivity contribution in [3.63, 3.8) is 0 Å². The van der Waals surface area contributed by atoms with E-state index in [9.17, 15) is 0 Å². The number of aromatic amines is 1. The minimum absolute atomic E-state index is 0.188. The Balaban J connectivity index is 1.96. The first-order valence-electron chi connectivity index (χ1n) is 7.18. The van der Waals surface area contributed by atoms with Crippen LogP contribution in [0.15, 0.2) is 58.4 Å². The van der Waals surface area contributed by atoms with E-state index in [0.29, 0.717) is 5.82 Å². The second-order valence-corrected chi connectivity index (χ2v) is 5.96. The molecule has 114 valence electrons. The quantitative estimate of drug-likeness (QED) is 0.761. The fourth-order valence-electron chi connectivity index (χ4n) is 2.54. The smallest absolute Gasteiger partial charge is 0.163 e. The average Bonchev–Trinajstić information content (AvgIpc) is 3.26. The van der Waals surface area contributed by atoms with Crippen LogP contribution < -0.4 is 5.32 Å². The van der Waals surface area contributed by atoms with Gasteiger partial charge in [0.2, 0.25) is 0 Å². The van der Waals surface area contributed by atoms with E-state index in [1.165, 1.54) is 0 Å². The Morgan fingerprint density at radius 2 is 2.22 bits per heavy atom. The van der Waals surface area contributed by atoms with Crippen LogP contribution in [0.25, 0.3) is 0 Å². The van der Waals surface area contributed by atoms with Crippen LogP contribution in [-0.2, 0) is 0 Å². The molecule has 0 spiro atoms. The standard InChI is InChI=1S/C16H14N6S/c1-17-16-14(12-5-3-7-23-12)21-13(11-8-18-9-20-11)10-4-2-6-19-15(10)22-16/h2-9,14H,1H3,(H,18,20)(H,17,19,22). The number of nitrogens with one attached hydrogen (secondary N) is 2. The lowest BCUT2D eigenvalue weighted by Crippen LogP contribution is -2.24. The zero-order valence-corrected chi connectivity index (χ0v) is 13.2. The number of pyridine rings is 1. The van der Waals surface area contributed by atoms with Crippen molar-refractivity contribution in [2.24, 2.45) is 9.98 Å². The number of amidine groups is 1. The Hall–Kier alpha value is -2.80. The number of nitrogens with zero attached hydrogens (tertiary/aromatic N) is 4. The summed E-state index contributed by atoms with van der Waals surface area (Å²) < 4.78 is 0. The minimum atomic E-state index is -0.188. The van der Waals surface area contributed by atoms with Crippen molar-refractivity contribution in [3.05, 3.63) is 64.5 Å². The number of hydrogen-bond acceptors (Lipinski definition) is 6. The average molecular weight is 322 g/mol. The van der Waals surface area contributed by atoms with Crippen molar-refractivity contribution < 1.29 is 0 Å². The number of likely N-dealkylation sites (N-methyl/N-ethyl adjacent to an activating group) is 1. The van der Waals surface area contributed by atoms with Gasteiger partial charge in [0.15, 0.2) is 5.82 Å². The Morgan fingerprint density at radius 1 is 1.26 bits per heavy atom. The third-order valence-electron chi connectivity index (χ3n) is 3.61. The maximum atomic E-state index is 4.98. The first kappa shape index (κ1) is 13.8. The molecule has 0 fully saturated rings. The SMILES string of the molecule is CNC1=Nc2ncccc2C(c2cnc[nH]2)=NC1c1cccs1.